The summed E-state index contributed by atoms with van der Waals surface area (Å²) in [5.74, 6) is 1.12. The second kappa shape index (κ2) is 8.08. The normalized spacial score (nSPS) is 14.8. The van der Waals surface area contributed by atoms with Gasteiger partial charge in [-0.2, -0.15) is 5.10 Å². The number of likely N-dealkylation sites (tertiary alicyclic amines) is 1. The molecule has 0 unspecified atom stereocenters. The molecule has 0 saturated carbocycles. The van der Waals surface area contributed by atoms with Crippen molar-refractivity contribution in [1.82, 2.24) is 24.6 Å². The van der Waals surface area contributed by atoms with Gasteiger partial charge in [0, 0.05) is 19.3 Å². The number of benzene rings is 1. The van der Waals surface area contributed by atoms with E-state index in [1.807, 2.05) is 36.5 Å². The third kappa shape index (κ3) is 4.11. The minimum atomic E-state index is -0.835. The Labute approximate surface area is 162 Å². The first kappa shape index (κ1) is 18.0. The fourth-order valence-electron chi connectivity index (χ4n) is 3.36. The van der Waals surface area contributed by atoms with E-state index in [0.29, 0.717) is 25.6 Å². The van der Waals surface area contributed by atoms with Crippen LogP contribution in [0.2, 0.25) is 0 Å². The molecule has 144 valence electrons. The fourth-order valence-corrected chi connectivity index (χ4v) is 3.36. The standard InChI is InChI=1S/C20H21N5O3/c26-20(27)24-9-7-15(8-10-24)16-1-2-17(22-11-16)12-28-19-5-3-18(4-6-19)25-14-21-13-23-25/h1-6,11,13-15H,7-10,12H2,(H,26,27). The van der Waals surface area contributed by atoms with Gasteiger partial charge in [0.1, 0.15) is 25.0 Å². The number of amides is 1. The number of carbonyl (C=O) groups is 1. The van der Waals surface area contributed by atoms with Gasteiger partial charge in [-0.25, -0.2) is 14.5 Å². The zero-order valence-electron chi connectivity index (χ0n) is 15.3. The Hall–Kier alpha value is -3.42. The molecule has 4 rings (SSSR count). The van der Waals surface area contributed by atoms with Crippen molar-refractivity contribution in [2.45, 2.75) is 25.4 Å². The van der Waals surface area contributed by atoms with Crippen LogP contribution in [0.4, 0.5) is 4.79 Å². The van der Waals surface area contributed by atoms with Gasteiger partial charge in [0.15, 0.2) is 0 Å². The molecule has 1 aliphatic rings. The van der Waals surface area contributed by atoms with Crippen molar-refractivity contribution in [3.05, 3.63) is 66.5 Å². The average molecular weight is 379 g/mol. The molecule has 28 heavy (non-hydrogen) atoms. The van der Waals surface area contributed by atoms with Crippen molar-refractivity contribution < 1.29 is 14.6 Å². The van der Waals surface area contributed by atoms with E-state index >= 15 is 0 Å². The number of pyridine rings is 1. The quantitative estimate of drug-likeness (QED) is 0.732. The molecule has 3 heterocycles. The lowest BCUT2D eigenvalue weighted by Crippen LogP contribution is -2.36. The molecule has 1 aromatic carbocycles. The number of nitrogens with zero attached hydrogens (tertiary/aromatic N) is 5. The Morgan fingerprint density at radius 3 is 2.54 bits per heavy atom. The largest absolute Gasteiger partial charge is 0.487 e. The summed E-state index contributed by atoms with van der Waals surface area (Å²) >= 11 is 0. The second-order valence-electron chi connectivity index (χ2n) is 6.75. The molecule has 1 fully saturated rings. The molecular weight excluding hydrogens is 358 g/mol. The number of aromatic nitrogens is 4. The highest BCUT2D eigenvalue weighted by Crippen LogP contribution is 2.27. The number of hydrogen-bond donors (Lipinski definition) is 1. The van der Waals surface area contributed by atoms with E-state index in [0.717, 1.165) is 35.5 Å². The Morgan fingerprint density at radius 2 is 1.93 bits per heavy atom. The molecule has 1 amide bonds. The van der Waals surface area contributed by atoms with E-state index in [4.69, 9.17) is 9.84 Å². The predicted molar refractivity (Wildman–Crippen MR) is 102 cm³/mol. The summed E-state index contributed by atoms with van der Waals surface area (Å²) in [6, 6.07) is 11.7. The van der Waals surface area contributed by atoms with Crippen LogP contribution >= 0.6 is 0 Å². The van der Waals surface area contributed by atoms with Crippen LogP contribution in [0.15, 0.2) is 55.2 Å². The van der Waals surface area contributed by atoms with Gasteiger partial charge in [-0.3, -0.25) is 4.98 Å². The Kier molecular flexibility index (Phi) is 5.18. The number of rotatable bonds is 5. The molecule has 0 aliphatic carbocycles. The van der Waals surface area contributed by atoms with E-state index < -0.39 is 6.09 Å². The lowest BCUT2D eigenvalue weighted by atomic mass is 9.90. The number of carboxylic acid groups (broad SMARTS) is 1. The first-order chi connectivity index (χ1) is 13.7. The van der Waals surface area contributed by atoms with Crippen LogP contribution in [-0.4, -0.2) is 48.9 Å². The van der Waals surface area contributed by atoms with Crippen LogP contribution in [-0.2, 0) is 6.61 Å². The smallest absolute Gasteiger partial charge is 0.407 e. The molecule has 1 N–H and O–H groups in total. The van der Waals surface area contributed by atoms with Gasteiger partial charge >= 0.3 is 6.09 Å². The minimum absolute atomic E-state index is 0.363. The van der Waals surface area contributed by atoms with Crippen LogP contribution in [0.25, 0.3) is 5.69 Å². The summed E-state index contributed by atoms with van der Waals surface area (Å²) in [5.41, 5.74) is 2.93. The highest BCUT2D eigenvalue weighted by Gasteiger charge is 2.23. The van der Waals surface area contributed by atoms with Crippen molar-refractivity contribution in [2.75, 3.05) is 13.1 Å². The molecule has 1 saturated heterocycles. The van der Waals surface area contributed by atoms with Crippen molar-refractivity contribution >= 4 is 6.09 Å². The van der Waals surface area contributed by atoms with Crippen molar-refractivity contribution in [3.8, 4) is 11.4 Å². The first-order valence-corrected chi connectivity index (χ1v) is 9.19. The number of hydrogen-bond acceptors (Lipinski definition) is 5. The first-order valence-electron chi connectivity index (χ1n) is 9.19. The maximum absolute atomic E-state index is 11.0. The minimum Gasteiger partial charge on any atom is -0.487 e. The van der Waals surface area contributed by atoms with Gasteiger partial charge in [0.25, 0.3) is 0 Å². The van der Waals surface area contributed by atoms with E-state index in [1.54, 1.807) is 11.0 Å². The SMILES string of the molecule is O=C(O)N1CCC(c2ccc(COc3ccc(-n4cncn4)cc3)nc2)CC1. The lowest BCUT2D eigenvalue weighted by molar-refractivity contribution is 0.132. The van der Waals surface area contributed by atoms with Gasteiger partial charge in [-0.15, -0.1) is 0 Å². The van der Waals surface area contributed by atoms with Gasteiger partial charge < -0.3 is 14.7 Å². The molecule has 0 atom stereocenters. The van der Waals surface area contributed by atoms with Gasteiger partial charge in [-0.05, 0) is 54.7 Å². The summed E-state index contributed by atoms with van der Waals surface area (Å²) in [6.45, 7) is 1.55. The van der Waals surface area contributed by atoms with E-state index in [9.17, 15) is 4.79 Å². The number of piperidine rings is 1. The molecule has 2 aromatic heterocycles. The van der Waals surface area contributed by atoms with Crippen molar-refractivity contribution in [1.29, 1.82) is 0 Å². The van der Waals surface area contributed by atoms with Crippen LogP contribution in [0.5, 0.6) is 5.75 Å². The highest BCUT2D eigenvalue weighted by molar-refractivity contribution is 5.65. The summed E-state index contributed by atoms with van der Waals surface area (Å²) in [7, 11) is 0. The third-order valence-corrected chi connectivity index (χ3v) is 4.99. The average Bonchev–Trinajstić information content (AvgIpc) is 3.28. The van der Waals surface area contributed by atoms with Gasteiger partial charge in [0.05, 0.1) is 11.4 Å². The Balaban J connectivity index is 1.31. The summed E-state index contributed by atoms with van der Waals surface area (Å²) in [4.78, 5) is 20.9. The van der Waals surface area contributed by atoms with E-state index in [2.05, 4.69) is 21.1 Å². The monoisotopic (exact) mass is 379 g/mol. The molecular formula is C20H21N5O3. The maximum Gasteiger partial charge on any atom is 0.407 e. The maximum atomic E-state index is 11.0. The Morgan fingerprint density at radius 1 is 1.14 bits per heavy atom. The number of ether oxygens (including phenoxy) is 1. The van der Waals surface area contributed by atoms with Crippen molar-refractivity contribution in [2.24, 2.45) is 0 Å². The topological polar surface area (TPSA) is 93.4 Å². The van der Waals surface area contributed by atoms with Gasteiger partial charge in [-0.1, -0.05) is 6.07 Å². The lowest BCUT2D eigenvalue weighted by Gasteiger charge is -2.30. The van der Waals surface area contributed by atoms with Gasteiger partial charge in [0.2, 0.25) is 0 Å². The van der Waals surface area contributed by atoms with Crippen LogP contribution in [0.3, 0.4) is 0 Å². The highest BCUT2D eigenvalue weighted by atomic mass is 16.5. The molecule has 1 aliphatic heterocycles. The Bertz CT molecular complexity index is 902. The summed E-state index contributed by atoms with van der Waals surface area (Å²) in [5, 5.41) is 13.1. The zero-order valence-corrected chi connectivity index (χ0v) is 15.3. The molecule has 0 spiro atoms. The zero-order chi connectivity index (χ0) is 19.3. The van der Waals surface area contributed by atoms with E-state index in [1.165, 1.54) is 11.2 Å². The summed E-state index contributed by atoms with van der Waals surface area (Å²) < 4.78 is 7.50. The third-order valence-electron chi connectivity index (χ3n) is 4.99. The molecule has 8 heteroatoms. The van der Waals surface area contributed by atoms with E-state index in [-0.39, 0.29) is 0 Å². The van der Waals surface area contributed by atoms with Crippen LogP contribution in [0.1, 0.15) is 30.0 Å². The van der Waals surface area contributed by atoms with Crippen LogP contribution in [0, 0.1) is 0 Å². The fraction of sp³-hybridized carbons (Fsp3) is 0.300. The van der Waals surface area contributed by atoms with Crippen LogP contribution < -0.4 is 4.74 Å². The van der Waals surface area contributed by atoms with Crippen molar-refractivity contribution in [3.63, 3.8) is 0 Å². The molecule has 8 nitrogen and oxygen atoms in total. The molecule has 3 aromatic rings. The predicted octanol–water partition coefficient (Wildman–Crippen LogP) is 3.10. The molecule has 0 radical (unpaired) electrons. The molecule has 0 bridgehead atoms. The summed E-state index contributed by atoms with van der Waals surface area (Å²) in [6.07, 6.45) is 5.86. The second-order valence-corrected chi connectivity index (χ2v) is 6.75.